The summed E-state index contributed by atoms with van der Waals surface area (Å²) in [5.74, 6) is 1.19. The summed E-state index contributed by atoms with van der Waals surface area (Å²) in [5.41, 5.74) is 0. The van der Waals surface area contributed by atoms with Crippen LogP contribution in [0.1, 0.15) is 46.5 Å². The predicted molar refractivity (Wildman–Crippen MR) is 62.9 cm³/mol. The van der Waals surface area contributed by atoms with Gasteiger partial charge in [-0.05, 0) is 43.9 Å². The molecule has 0 bridgehead atoms. The van der Waals surface area contributed by atoms with Crippen molar-refractivity contribution in [1.29, 1.82) is 0 Å². The molecule has 0 aliphatic heterocycles. The Balaban J connectivity index is 2.30. The molecule has 2 unspecified atom stereocenters. The smallest absolute Gasteiger partial charge is 0.305 e. The van der Waals surface area contributed by atoms with E-state index in [4.69, 9.17) is 4.74 Å². The number of esters is 1. The minimum absolute atomic E-state index is 0.0890. The third-order valence-corrected chi connectivity index (χ3v) is 3.64. The quantitative estimate of drug-likeness (QED) is 0.751. The standard InChI is InChI=1S/C13H24O3/c1-4-16-12(14)6-5-11-7-9(2)13(15)10(3)8-11/h9-11,13,15H,4-8H2,1-3H3. The second-order valence-electron chi connectivity index (χ2n) is 5.13. The van der Waals surface area contributed by atoms with Crippen LogP contribution in [0.4, 0.5) is 0 Å². The minimum atomic E-state index is -0.168. The average Bonchev–Trinajstić information content (AvgIpc) is 2.23. The first-order valence-corrected chi connectivity index (χ1v) is 6.38. The second-order valence-corrected chi connectivity index (χ2v) is 5.13. The monoisotopic (exact) mass is 228 g/mol. The third-order valence-electron chi connectivity index (χ3n) is 3.64. The highest BCUT2D eigenvalue weighted by Gasteiger charge is 2.31. The predicted octanol–water partition coefficient (Wildman–Crippen LogP) is 2.37. The molecule has 0 aromatic heterocycles. The molecule has 0 amide bonds. The van der Waals surface area contributed by atoms with Crippen molar-refractivity contribution in [1.82, 2.24) is 0 Å². The zero-order valence-corrected chi connectivity index (χ0v) is 10.6. The molecule has 1 fully saturated rings. The Morgan fingerprint density at radius 2 is 1.88 bits per heavy atom. The number of hydrogen-bond donors (Lipinski definition) is 1. The fraction of sp³-hybridized carbons (Fsp3) is 0.923. The highest BCUT2D eigenvalue weighted by Crippen LogP contribution is 2.35. The van der Waals surface area contributed by atoms with Crippen molar-refractivity contribution in [3.05, 3.63) is 0 Å². The maximum atomic E-state index is 11.2. The highest BCUT2D eigenvalue weighted by atomic mass is 16.5. The van der Waals surface area contributed by atoms with E-state index in [0.29, 0.717) is 30.8 Å². The van der Waals surface area contributed by atoms with Gasteiger partial charge in [0.25, 0.3) is 0 Å². The summed E-state index contributed by atoms with van der Waals surface area (Å²) in [6.07, 6.45) is 3.32. The summed E-state index contributed by atoms with van der Waals surface area (Å²) in [5, 5.41) is 9.83. The lowest BCUT2D eigenvalue weighted by atomic mass is 9.73. The summed E-state index contributed by atoms with van der Waals surface area (Å²) in [4.78, 5) is 11.2. The summed E-state index contributed by atoms with van der Waals surface area (Å²) < 4.78 is 4.92. The normalized spacial score (nSPS) is 34.8. The zero-order chi connectivity index (χ0) is 12.1. The van der Waals surface area contributed by atoms with Crippen LogP contribution in [0, 0.1) is 17.8 Å². The number of ether oxygens (including phenoxy) is 1. The van der Waals surface area contributed by atoms with Crippen molar-refractivity contribution in [3.63, 3.8) is 0 Å². The van der Waals surface area contributed by atoms with Crippen molar-refractivity contribution >= 4 is 5.97 Å². The molecule has 0 aromatic carbocycles. The van der Waals surface area contributed by atoms with Crippen LogP contribution < -0.4 is 0 Å². The highest BCUT2D eigenvalue weighted by molar-refractivity contribution is 5.69. The fourth-order valence-corrected chi connectivity index (χ4v) is 2.78. The van der Waals surface area contributed by atoms with Crippen molar-refractivity contribution in [2.45, 2.75) is 52.6 Å². The van der Waals surface area contributed by atoms with Crippen LogP contribution >= 0.6 is 0 Å². The largest absolute Gasteiger partial charge is 0.466 e. The fourth-order valence-electron chi connectivity index (χ4n) is 2.78. The van der Waals surface area contributed by atoms with E-state index in [-0.39, 0.29) is 12.1 Å². The lowest BCUT2D eigenvalue weighted by molar-refractivity contribution is -0.143. The molecule has 3 heteroatoms. The Hall–Kier alpha value is -0.570. The molecule has 1 aliphatic carbocycles. The molecule has 0 radical (unpaired) electrons. The lowest BCUT2D eigenvalue weighted by Gasteiger charge is -2.36. The molecule has 1 aliphatic rings. The van der Waals surface area contributed by atoms with E-state index in [0.717, 1.165) is 19.3 Å². The van der Waals surface area contributed by atoms with Crippen LogP contribution in [0.3, 0.4) is 0 Å². The van der Waals surface area contributed by atoms with Gasteiger partial charge < -0.3 is 9.84 Å². The van der Waals surface area contributed by atoms with E-state index in [2.05, 4.69) is 13.8 Å². The first-order chi connectivity index (χ1) is 7.54. The Morgan fingerprint density at radius 1 is 1.31 bits per heavy atom. The molecule has 3 nitrogen and oxygen atoms in total. The molecule has 0 heterocycles. The third kappa shape index (κ3) is 3.78. The van der Waals surface area contributed by atoms with Crippen molar-refractivity contribution in [2.75, 3.05) is 6.61 Å². The van der Waals surface area contributed by atoms with Crippen LogP contribution in [-0.2, 0) is 9.53 Å². The molecular weight excluding hydrogens is 204 g/mol. The molecule has 94 valence electrons. The lowest BCUT2D eigenvalue weighted by Crippen LogP contribution is -2.34. The van der Waals surface area contributed by atoms with Crippen LogP contribution in [0.2, 0.25) is 0 Å². The van der Waals surface area contributed by atoms with Gasteiger partial charge >= 0.3 is 5.97 Å². The van der Waals surface area contributed by atoms with Crippen LogP contribution in [0.15, 0.2) is 0 Å². The number of rotatable bonds is 4. The SMILES string of the molecule is CCOC(=O)CCC1CC(C)C(O)C(C)C1. The van der Waals surface area contributed by atoms with E-state index in [1.807, 2.05) is 6.92 Å². The van der Waals surface area contributed by atoms with Crippen molar-refractivity contribution in [2.24, 2.45) is 17.8 Å². The van der Waals surface area contributed by atoms with Gasteiger partial charge in [-0.25, -0.2) is 0 Å². The summed E-state index contributed by atoms with van der Waals surface area (Å²) in [6, 6.07) is 0. The van der Waals surface area contributed by atoms with Crippen LogP contribution in [0.5, 0.6) is 0 Å². The van der Waals surface area contributed by atoms with Crippen LogP contribution in [-0.4, -0.2) is 23.8 Å². The molecule has 16 heavy (non-hydrogen) atoms. The van der Waals surface area contributed by atoms with Crippen molar-refractivity contribution < 1.29 is 14.6 Å². The summed E-state index contributed by atoms with van der Waals surface area (Å²) in [7, 11) is 0. The molecule has 0 aromatic rings. The molecule has 0 saturated heterocycles. The van der Waals surface area contributed by atoms with E-state index < -0.39 is 0 Å². The first-order valence-electron chi connectivity index (χ1n) is 6.38. The minimum Gasteiger partial charge on any atom is -0.466 e. The molecule has 1 rings (SSSR count). The number of hydrogen-bond acceptors (Lipinski definition) is 3. The number of carbonyl (C=O) groups is 1. The van der Waals surface area contributed by atoms with E-state index in [1.54, 1.807) is 0 Å². The maximum Gasteiger partial charge on any atom is 0.305 e. The van der Waals surface area contributed by atoms with E-state index >= 15 is 0 Å². The molecule has 1 saturated carbocycles. The van der Waals surface area contributed by atoms with Gasteiger partial charge in [-0.3, -0.25) is 4.79 Å². The Kier molecular flexibility index (Phi) is 5.26. The van der Waals surface area contributed by atoms with Crippen molar-refractivity contribution in [3.8, 4) is 0 Å². The summed E-state index contributed by atoms with van der Waals surface area (Å²) >= 11 is 0. The molecule has 0 spiro atoms. The number of aliphatic hydroxyl groups is 1. The topological polar surface area (TPSA) is 46.5 Å². The van der Waals surface area contributed by atoms with Gasteiger partial charge in [-0.15, -0.1) is 0 Å². The average molecular weight is 228 g/mol. The Bertz CT molecular complexity index is 215. The second kappa shape index (κ2) is 6.24. The van der Waals surface area contributed by atoms with Gasteiger partial charge in [0.1, 0.15) is 0 Å². The van der Waals surface area contributed by atoms with Gasteiger partial charge in [0.2, 0.25) is 0 Å². The van der Waals surface area contributed by atoms with E-state index in [9.17, 15) is 9.90 Å². The maximum absolute atomic E-state index is 11.2. The first kappa shape index (κ1) is 13.5. The van der Waals surface area contributed by atoms with Gasteiger partial charge in [0, 0.05) is 6.42 Å². The van der Waals surface area contributed by atoms with E-state index in [1.165, 1.54) is 0 Å². The molecule has 1 N–H and O–H groups in total. The van der Waals surface area contributed by atoms with Gasteiger partial charge in [-0.1, -0.05) is 13.8 Å². The van der Waals surface area contributed by atoms with Gasteiger partial charge in [0.05, 0.1) is 12.7 Å². The Labute approximate surface area is 98.2 Å². The van der Waals surface area contributed by atoms with Gasteiger partial charge in [-0.2, -0.15) is 0 Å². The summed E-state index contributed by atoms with van der Waals surface area (Å²) in [6.45, 7) is 6.49. The molecular formula is C13H24O3. The number of aliphatic hydroxyl groups excluding tert-OH is 1. The van der Waals surface area contributed by atoms with Gasteiger partial charge in [0.15, 0.2) is 0 Å². The zero-order valence-electron chi connectivity index (χ0n) is 10.6. The number of carbonyl (C=O) groups excluding carboxylic acids is 1. The molecule has 2 atom stereocenters. The van der Waals surface area contributed by atoms with Crippen LogP contribution in [0.25, 0.3) is 0 Å². The Morgan fingerprint density at radius 3 is 2.38 bits per heavy atom.